The van der Waals surface area contributed by atoms with Gasteiger partial charge in [0, 0.05) is 18.6 Å². The van der Waals surface area contributed by atoms with Crippen LogP contribution in [0.3, 0.4) is 0 Å². The van der Waals surface area contributed by atoms with Gasteiger partial charge in [0.05, 0.1) is 5.02 Å². The molecule has 0 saturated heterocycles. The Morgan fingerprint density at radius 3 is 2.94 bits per heavy atom. The van der Waals surface area contributed by atoms with Crippen LogP contribution in [-0.2, 0) is 6.42 Å². The van der Waals surface area contributed by atoms with Crippen LogP contribution < -0.4 is 0 Å². The average Bonchev–Trinajstić information content (AvgIpc) is 2.79. The van der Waals surface area contributed by atoms with Crippen LogP contribution in [0.25, 0.3) is 11.4 Å². The van der Waals surface area contributed by atoms with Crippen LogP contribution in [0.2, 0.25) is 5.02 Å². The minimum atomic E-state index is -0.487. The molecule has 4 nitrogen and oxygen atoms in total. The van der Waals surface area contributed by atoms with Gasteiger partial charge in [-0.05, 0) is 24.6 Å². The molecule has 1 aromatic heterocycles. The molecule has 2 rings (SSSR count). The van der Waals surface area contributed by atoms with Crippen molar-refractivity contribution in [1.82, 2.24) is 10.1 Å². The van der Waals surface area contributed by atoms with Crippen LogP contribution in [0.1, 0.15) is 12.3 Å². The first-order valence-corrected chi connectivity index (χ1v) is 5.47. The van der Waals surface area contributed by atoms with E-state index in [0.29, 0.717) is 30.1 Å². The Balaban J connectivity index is 2.21. The minimum absolute atomic E-state index is 0.0178. The van der Waals surface area contributed by atoms with Crippen molar-refractivity contribution in [2.75, 3.05) is 6.61 Å². The number of benzene rings is 1. The van der Waals surface area contributed by atoms with Gasteiger partial charge in [0.2, 0.25) is 11.7 Å². The molecule has 0 aliphatic rings. The number of aliphatic hydroxyl groups is 1. The lowest BCUT2D eigenvalue weighted by Crippen LogP contribution is -1.89. The summed E-state index contributed by atoms with van der Waals surface area (Å²) in [7, 11) is 0. The summed E-state index contributed by atoms with van der Waals surface area (Å²) in [6.07, 6.45) is 1.07. The summed E-state index contributed by atoms with van der Waals surface area (Å²) < 4.78 is 17.9. The van der Waals surface area contributed by atoms with Gasteiger partial charge in [-0.3, -0.25) is 0 Å². The molecule has 0 atom stereocenters. The normalized spacial score (nSPS) is 10.8. The molecule has 17 heavy (non-hydrogen) atoms. The van der Waals surface area contributed by atoms with E-state index in [1.165, 1.54) is 18.2 Å². The topological polar surface area (TPSA) is 59.2 Å². The molecule has 1 N–H and O–H groups in total. The Bertz CT molecular complexity index is 516. The molecule has 6 heteroatoms. The van der Waals surface area contributed by atoms with Crippen molar-refractivity contribution in [2.45, 2.75) is 12.8 Å². The second-order valence-electron chi connectivity index (χ2n) is 3.47. The number of aliphatic hydroxyl groups excluding tert-OH is 1. The van der Waals surface area contributed by atoms with Crippen molar-refractivity contribution in [2.24, 2.45) is 0 Å². The summed E-state index contributed by atoms with van der Waals surface area (Å²) in [4.78, 5) is 4.12. The molecule has 0 bridgehead atoms. The first-order valence-electron chi connectivity index (χ1n) is 5.09. The highest BCUT2D eigenvalue weighted by Gasteiger charge is 2.10. The highest BCUT2D eigenvalue weighted by molar-refractivity contribution is 6.31. The number of halogens is 2. The summed E-state index contributed by atoms with van der Waals surface area (Å²) in [5.41, 5.74) is 0.593. The molecule has 0 aliphatic carbocycles. The Morgan fingerprint density at radius 2 is 2.24 bits per heavy atom. The first kappa shape index (κ1) is 12.0. The molecule has 0 fully saturated rings. The predicted molar refractivity (Wildman–Crippen MR) is 60.1 cm³/mol. The molecule has 0 amide bonds. The van der Waals surface area contributed by atoms with Gasteiger partial charge >= 0.3 is 0 Å². The van der Waals surface area contributed by atoms with Crippen molar-refractivity contribution in [3.63, 3.8) is 0 Å². The lowest BCUT2D eigenvalue weighted by Gasteiger charge is -1.96. The molecule has 0 spiro atoms. The zero-order chi connectivity index (χ0) is 12.3. The van der Waals surface area contributed by atoms with Gasteiger partial charge in [0.25, 0.3) is 0 Å². The van der Waals surface area contributed by atoms with E-state index in [1.54, 1.807) is 0 Å². The van der Waals surface area contributed by atoms with Gasteiger partial charge < -0.3 is 9.63 Å². The molecular weight excluding hydrogens is 247 g/mol. The monoisotopic (exact) mass is 256 g/mol. The quantitative estimate of drug-likeness (QED) is 0.913. The second kappa shape index (κ2) is 5.25. The SMILES string of the molecule is OCCCc1nc(-c2ccc(F)c(Cl)c2)no1. The fourth-order valence-corrected chi connectivity index (χ4v) is 1.52. The van der Waals surface area contributed by atoms with Gasteiger partial charge in [-0.15, -0.1) is 0 Å². The number of hydrogen-bond acceptors (Lipinski definition) is 4. The summed E-state index contributed by atoms with van der Waals surface area (Å²) in [6, 6.07) is 4.22. The predicted octanol–water partition coefficient (Wildman–Crippen LogP) is 2.45. The molecule has 0 unspecified atom stereocenters. The second-order valence-corrected chi connectivity index (χ2v) is 3.87. The molecule has 0 radical (unpaired) electrons. The summed E-state index contributed by atoms with van der Waals surface area (Å²) in [5, 5.41) is 12.4. The third-order valence-corrected chi connectivity index (χ3v) is 2.48. The standard InChI is InChI=1S/C11H10ClFN2O2/c12-8-6-7(3-4-9(8)13)11-14-10(17-15-11)2-1-5-16/h3-4,6,16H,1-2,5H2. The van der Waals surface area contributed by atoms with Crippen LogP contribution >= 0.6 is 11.6 Å². The lowest BCUT2D eigenvalue weighted by molar-refractivity contribution is 0.278. The van der Waals surface area contributed by atoms with Crippen molar-refractivity contribution in [3.05, 3.63) is 34.9 Å². The van der Waals surface area contributed by atoms with E-state index >= 15 is 0 Å². The number of hydrogen-bond donors (Lipinski definition) is 1. The fourth-order valence-electron chi connectivity index (χ4n) is 1.34. The smallest absolute Gasteiger partial charge is 0.227 e. The van der Waals surface area contributed by atoms with Gasteiger partial charge in [0.1, 0.15) is 5.82 Å². The maximum absolute atomic E-state index is 13.0. The summed E-state index contributed by atoms with van der Waals surface area (Å²) >= 11 is 5.66. The van der Waals surface area contributed by atoms with E-state index in [2.05, 4.69) is 10.1 Å². The fraction of sp³-hybridized carbons (Fsp3) is 0.273. The minimum Gasteiger partial charge on any atom is -0.396 e. The van der Waals surface area contributed by atoms with Crippen LogP contribution in [-0.4, -0.2) is 21.9 Å². The molecule has 0 aliphatic heterocycles. The van der Waals surface area contributed by atoms with E-state index in [-0.39, 0.29) is 11.6 Å². The highest BCUT2D eigenvalue weighted by atomic mass is 35.5. The Labute approximate surface area is 102 Å². The molecule has 2 aromatic rings. The molecule has 90 valence electrons. The third kappa shape index (κ3) is 2.81. The van der Waals surface area contributed by atoms with Crippen molar-refractivity contribution in [3.8, 4) is 11.4 Å². The van der Waals surface area contributed by atoms with E-state index in [0.717, 1.165) is 0 Å². The number of nitrogens with zero attached hydrogens (tertiary/aromatic N) is 2. The largest absolute Gasteiger partial charge is 0.396 e. The summed E-state index contributed by atoms with van der Waals surface area (Å²) in [6.45, 7) is 0.0695. The van der Waals surface area contributed by atoms with E-state index in [4.69, 9.17) is 21.2 Å². The zero-order valence-electron chi connectivity index (χ0n) is 8.86. The lowest BCUT2D eigenvalue weighted by atomic mass is 10.2. The Morgan fingerprint density at radius 1 is 1.41 bits per heavy atom. The van der Waals surface area contributed by atoms with Gasteiger partial charge in [-0.25, -0.2) is 4.39 Å². The Hall–Kier alpha value is -1.46. The zero-order valence-corrected chi connectivity index (χ0v) is 9.62. The maximum Gasteiger partial charge on any atom is 0.227 e. The van der Waals surface area contributed by atoms with E-state index in [9.17, 15) is 4.39 Å². The van der Waals surface area contributed by atoms with Crippen molar-refractivity contribution < 1.29 is 14.0 Å². The third-order valence-electron chi connectivity index (χ3n) is 2.19. The Kier molecular flexibility index (Phi) is 3.71. The van der Waals surface area contributed by atoms with Crippen LogP contribution in [0, 0.1) is 5.82 Å². The molecule has 1 heterocycles. The maximum atomic E-state index is 13.0. The van der Waals surface area contributed by atoms with E-state index in [1.807, 2.05) is 0 Å². The average molecular weight is 257 g/mol. The molecule has 1 aromatic carbocycles. The van der Waals surface area contributed by atoms with Crippen LogP contribution in [0.5, 0.6) is 0 Å². The van der Waals surface area contributed by atoms with Crippen LogP contribution in [0.15, 0.2) is 22.7 Å². The van der Waals surface area contributed by atoms with Gasteiger partial charge in [-0.1, -0.05) is 16.8 Å². The van der Waals surface area contributed by atoms with Gasteiger partial charge in [-0.2, -0.15) is 4.98 Å². The number of aryl methyl sites for hydroxylation is 1. The summed E-state index contributed by atoms with van der Waals surface area (Å²) in [5.74, 6) is 0.314. The van der Waals surface area contributed by atoms with Crippen molar-refractivity contribution >= 4 is 11.6 Å². The number of rotatable bonds is 4. The van der Waals surface area contributed by atoms with E-state index < -0.39 is 5.82 Å². The van der Waals surface area contributed by atoms with Gasteiger partial charge in [0.15, 0.2) is 0 Å². The first-order chi connectivity index (χ1) is 8.20. The number of aromatic nitrogens is 2. The van der Waals surface area contributed by atoms with Crippen molar-refractivity contribution in [1.29, 1.82) is 0 Å². The molecular formula is C11H10ClFN2O2. The highest BCUT2D eigenvalue weighted by Crippen LogP contribution is 2.22. The molecule has 0 saturated carbocycles. The van der Waals surface area contributed by atoms with Crippen LogP contribution in [0.4, 0.5) is 4.39 Å².